The van der Waals surface area contributed by atoms with E-state index < -0.39 is 0 Å². The quantitative estimate of drug-likeness (QED) is 0.693. The lowest BCUT2D eigenvalue weighted by atomic mass is 9.75. The molecule has 4 heterocycles. The SMILES string of the molecule is COc1ccc(CC(=O)N2CCC(N3C[C@H]4C[C@H](C3)[C@H]3CCCC(=O)N3C4)CC2)cc1Cl. The maximum atomic E-state index is 12.9. The van der Waals surface area contributed by atoms with Crippen molar-refractivity contribution in [2.45, 2.75) is 57.0 Å². The summed E-state index contributed by atoms with van der Waals surface area (Å²) in [6.45, 7) is 4.84. The molecule has 2 amide bonds. The van der Waals surface area contributed by atoms with E-state index >= 15 is 0 Å². The van der Waals surface area contributed by atoms with Crippen molar-refractivity contribution in [1.82, 2.24) is 14.7 Å². The van der Waals surface area contributed by atoms with Gasteiger partial charge in [0.15, 0.2) is 0 Å². The number of halogens is 1. The van der Waals surface area contributed by atoms with Gasteiger partial charge in [0.2, 0.25) is 11.8 Å². The number of amides is 2. The van der Waals surface area contributed by atoms with Crippen LogP contribution in [0, 0.1) is 11.8 Å². The third-order valence-corrected chi connectivity index (χ3v) is 8.41. The second-order valence-electron chi connectivity index (χ2n) is 10.1. The van der Waals surface area contributed by atoms with Gasteiger partial charge in [0.1, 0.15) is 5.75 Å². The highest BCUT2D eigenvalue weighted by atomic mass is 35.5. The molecule has 6 nitrogen and oxygen atoms in total. The fourth-order valence-corrected chi connectivity index (χ4v) is 6.81. The Morgan fingerprint density at radius 2 is 1.97 bits per heavy atom. The number of likely N-dealkylation sites (tertiary alicyclic amines) is 2. The van der Waals surface area contributed by atoms with Crippen molar-refractivity contribution in [2.24, 2.45) is 11.8 Å². The maximum Gasteiger partial charge on any atom is 0.226 e. The monoisotopic (exact) mass is 459 g/mol. The topological polar surface area (TPSA) is 53.1 Å². The van der Waals surface area contributed by atoms with Crippen molar-refractivity contribution in [3.8, 4) is 5.75 Å². The van der Waals surface area contributed by atoms with E-state index in [0.29, 0.717) is 47.0 Å². The van der Waals surface area contributed by atoms with Crippen LogP contribution in [0.3, 0.4) is 0 Å². The van der Waals surface area contributed by atoms with Crippen LogP contribution in [0.25, 0.3) is 0 Å². The summed E-state index contributed by atoms with van der Waals surface area (Å²) >= 11 is 6.22. The van der Waals surface area contributed by atoms with Crippen molar-refractivity contribution in [3.63, 3.8) is 0 Å². The van der Waals surface area contributed by atoms with Crippen LogP contribution in [0.15, 0.2) is 18.2 Å². The number of hydrogen-bond donors (Lipinski definition) is 0. The van der Waals surface area contributed by atoms with Gasteiger partial charge in [0, 0.05) is 51.2 Å². The molecule has 0 unspecified atom stereocenters. The molecule has 7 heteroatoms. The minimum atomic E-state index is 0.177. The summed E-state index contributed by atoms with van der Waals surface area (Å²) in [6.07, 6.45) is 6.74. The molecule has 0 aliphatic carbocycles. The van der Waals surface area contributed by atoms with Gasteiger partial charge in [-0.3, -0.25) is 14.5 Å². The van der Waals surface area contributed by atoms with Crippen LogP contribution in [0.4, 0.5) is 0 Å². The third kappa shape index (κ3) is 4.36. The number of piperidine rings is 4. The summed E-state index contributed by atoms with van der Waals surface area (Å²) in [4.78, 5) is 32.2. The van der Waals surface area contributed by atoms with Crippen LogP contribution in [0.5, 0.6) is 5.75 Å². The summed E-state index contributed by atoms with van der Waals surface area (Å²) in [5, 5.41) is 0.547. The van der Waals surface area contributed by atoms with Gasteiger partial charge in [-0.25, -0.2) is 0 Å². The number of methoxy groups -OCH3 is 1. The summed E-state index contributed by atoms with van der Waals surface area (Å²) in [5.74, 6) is 2.44. The Labute approximate surface area is 195 Å². The highest BCUT2D eigenvalue weighted by Gasteiger charge is 2.45. The van der Waals surface area contributed by atoms with Crippen molar-refractivity contribution < 1.29 is 14.3 Å². The molecular weight excluding hydrogens is 426 g/mol. The minimum absolute atomic E-state index is 0.177. The second kappa shape index (κ2) is 9.22. The Hall–Kier alpha value is -1.79. The predicted molar refractivity (Wildman–Crippen MR) is 124 cm³/mol. The lowest BCUT2D eigenvalue weighted by Gasteiger charge is -2.54. The lowest BCUT2D eigenvalue weighted by molar-refractivity contribution is -0.146. The minimum Gasteiger partial charge on any atom is -0.495 e. The summed E-state index contributed by atoms with van der Waals surface area (Å²) in [7, 11) is 1.59. The largest absolute Gasteiger partial charge is 0.495 e. The fraction of sp³-hybridized carbons (Fsp3) is 0.680. The Morgan fingerprint density at radius 1 is 1.16 bits per heavy atom. The van der Waals surface area contributed by atoms with E-state index in [2.05, 4.69) is 9.80 Å². The van der Waals surface area contributed by atoms with Crippen LogP contribution in [0.2, 0.25) is 5.02 Å². The van der Waals surface area contributed by atoms with E-state index in [-0.39, 0.29) is 5.91 Å². The Morgan fingerprint density at radius 3 is 2.72 bits per heavy atom. The maximum absolute atomic E-state index is 12.9. The molecule has 5 rings (SSSR count). The summed E-state index contributed by atoms with van der Waals surface area (Å²) in [5.41, 5.74) is 0.929. The fourth-order valence-electron chi connectivity index (χ4n) is 6.53. The molecule has 3 atom stereocenters. The van der Waals surface area contributed by atoms with Gasteiger partial charge in [-0.05, 0) is 61.6 Å². The predicted octanol–water partition coefficient (Wildman–Crippen LogP) is 3.21. The van der Waals surface area contributed by atoms with Crippen LogP contribution < -0.4 is 4.74 Å². The molecule has 0 saturated carbocycles. The number of carbonyl (C=O) groups excluding carboxylic acids is 2. The van der Waals surface area contributed by atoms with Crippen molar-refractivity contribution in [3.05, 3.63) is 28.8 Å². The van der Waals surface area contributed by atoms with Crippen molar-refractivity contribution >= 4 is 23.4 Å². The van der Waals surface area contributed by atoms with Crippen LogP contribution in [0.1, 0.15) is 44.1 Å². The molecular formula is C25H34ClN3O3. The molecule has 4 fully saturated rings. The lowest BCUT2D eigenvalue weighted by Crippen LogP contribution is -2.62. The smallest absolute Gasteiger partial charge is 0.226 e. The molecule has 1 aromatic carbocycles. The van der Waals surface area contributed by atoms with Crippen molar-refractivity contribution in [2.75, 3.05) is 39.8 Å². The Balaban J connectivity index is 1.14. The van der Waals surface area contributed by atoms with Crippen LogP contribution in [-0.4, -0.2) is 78.4 Å². The van der Waals surface area contributed by atoms with Gasteiger partial charge in [-0.2, -0.15) is 0 Å². The third-order valence-electron chi connectivity index (χ3n) is 8.11. The molecule has 0 radical (unpaired) electrons. The first-order valence-electron chi connectivity index (χ1n) is 12.2. The zero-order valence-corrected chi connectivity index (χ0v) is 19.7. The number of carbonyl (C=O) groups is 2. The van der Waals surface area contributed by atoms with Gasteiger partial charge in [0.05, 0.1) is 18.6 Å². The molecule has 1 aromatic rings. The zero-order chi connectivity index (χ0) is 22.2. The van der Waals surface area contributed by atoms with E-state index in [1.54, 1.807) is 7.11 Å². The van der Waals surface area contributed by atoms with Gasteiger partial charge >= 0.3 is 0 Å². The van der Waals surface area contributed by atoms with Gasteiger partial charge in [-0.15, -0.1) is 0 Å². The molecule has 4 aliphatic rings. The first-order valence-corrected chi connectivity index (χ1v) is 12.5. The summed E-state index contributed by atoms with van der Waals surface area (Å²) < 4.78 is 5.20. The Bertz CT molecular complexity index is 870. The average molecular weight is 460 g/mol. The zero-order valence-electron chi connectivity index (χ0n) is 19.0. The second-order valence-corrected chi connectivity index (χ2v) is 10.5. The molecule has 174 valence electrons. The van der Waals surface area contributed by atoms with E-state index in [0.717, 1.165) is 64.0 Å². The summed E-state index contributed by atoms with van der Waals surface area (Å²) in [6, 6.07) is 6.60. The average Bonchev–Trinajstić information content (AvgIpc) is 2.80. The number of rotatable bonds is 4. The number of ether oxygens (including phenoxy) is 1. The molecule has 32 heavy (non-hydrogen) atoms. The number of fused-ring (bicyclic) bond motifs is 4. The molecule has 2 bridgehead atoms. The van der Waals surface area contributed by atoms with Gasteiger partial charge in [-0.1, -0.05) is 17.7 Å². The molecule has 0 spiro atoms. The first kappa shape index (κ1) is 22.0. The first-order chi connectivity index (χ1) is 15.5. The molecule has 0 N–H and O–H groups in total. The molecule has 4 aliphatic heterocycles. The number of nitrogens with zero attached hydrogens (tertiary/aromatic N) is 3. The molecule has 4 saturated heterocycles. The van der Waals surface area contributed by atoms with E-state index in [4.69, 9.17) is 16.3 Å². The van der Waals surface area contributed by atoms with Crippen LogP contribution in [-0.2, 0) is 16.0 Å². The van der Waals surface area contributed by atoms with E-state index in [9.17, 15) is 9.59 Å². The van der Waals surface area contributed by atoms with Crippen molar-refractivity contribution in [1.29, 1.82) is 0 Å². The highest BCUT2D eigenvalue weighted by molar-refractivity contribution is 6.32. The van der Waals surface area contributed by atoms with Gasteiger partial charge < -0.3 is 14.5 Å². The van der Waals surface area contributed by atoms with Crippen LogP contribution >= 0.6 is 11.6 Å². The van der Waals surface area contributed by atoms with E-state index in [1.807, 2.05) is 23.1 Å². The van der Waals surface area contributed by atoms with E-state index in [1.165, 1.54) is 12.8 Å². The highest BCUT2D eigenvalue weighted by Crippen LogP contribution is 2.39. The normalized spacial score (nSPS) is 29.1. The number of benzene rings is 1. The Kier molecular flexibility index (Phi) is 6.35. The standard InChI is InChI=1S/C25H34ClN3O3/c1-32-23-6-5-17(12-21(23)26)13-25(31)27-9-7-20(8-10-27)28-14-18-11-19(16-28)22-3-2-4-24(30)29(22)15-18/h5-6,12,18-20,22H,2-4,7-11,13-16H2,1H3/t18-,19-,22-/m1/s1. The molecule has 0 aromatic heterocycles. The number of hydrogen-bond acceptors (Lipinski definition) is 4. The van der Waals surface area contributed by atoms with Gasteiger partial charge in [0.25, 0.3) is 0 Å².